The van der Waals surface area contributed by atoms with E-state index in [2.05, 4.69) is 0 Å². The van der Waals surface area contributed by atoms with Gasteiger partial charge in [-0.05, 0) is 72.8 Å². The topological polar surface area (TPSA) is 35.9 Å². The van der Waals surface area contributed by atoms with Crippen LogP contribution in [0.15, 0.2) is 86.6 Å². The van der Waals surface area contributed by atoms with E-state index in [-0.39, 0.29) is 11.7 Å². The Kier molecular flexibility index (Phi) is 5.49. The molecule has 0 spiro atoms. The minimum Gasteiger partial charge on any atom is -0.337 e. The van der Waals surface area contributed by atoms with Crippen LogP contribution in [-0.4, -0.2) is 18.1 Å². The van der Waals surface area contributed by atoms with Crippen LogP contribution in [0.25, 0.3) is 0 Å². The van der Waals surface area contributed by atoms with E-state index in [9.17, 15) is 9.18 Å². The molecule has 160 valence electrons. The predicted octanol–water partition coefficient (Wildman–Crippen LogP) is 6.97. The van der Waals surface area contributed by atoms with Gasteiger partial charge < -0.3 is 4.90 Å². The van der Waals surface area contributed by atoms with Gasteiger partial charge in [-0.3, -0.25) is 9.69 Å². The highest BCUT2D eigenvalue weighted by Crippen LogP contribution is 2.50. The summed E-state index contributed by atoms with van der Waals surface area (Å²) in [6.45, 7) is 1.92. The maximum atomic E-state index is 13.6. The van der Waals surface area contributed by atoms with E-state index in [1.807, 2.05) is 55.3 Å². The van der Waals surface area contributed by atoms with Crippen LogP contribution in [0.4, 0.5) is 21.5 Å². The lowest BCUT2D eigenvalue weighted by molar-refractivity contribution is -0.113. The molecule has 0 radical (unpaired) electrons. The molecule has 0 N–H and O–H groups in total. The van der Waals surface area contributed by atoms with Gasteiger partial charge in [0.05, 0.1) is 22.1 Å². The normalized spacial score (nSPS) is 19.2. The standard InChI is InChI=1S/C24H17ClFN3OS2/c1-14-7-10-16(13-18(14)25)27-24-29(17-11-8-15(26)9-12-17)22(30)21(32-24)23-28(2)19-5-3-4-6-20(19)31-23/h3-13H,1-2H3. The Balaban J connectivity index is 1.62. The second-order valence-corrected chi connectivity index (χ2v) is 9.73. The number of para-hydroxylation sites is 1. The van der Waals surface area contributed by atoms with Gasteiger partial charge in [0.15, 0.2) is 5.17 Å². The van der Waals surface area contributed by atoms with Crippen LogP contribution in [0.1, 0.15) is 5.56 Å². The van der Waals surface area contributed by atoms with Crippen LogP contribution in [0.2, 0.25) is 5.02 Å². The first-order valence-corrected chi connectivity index (χ1v) is 11.8. The summed E-state index contributed by atoms with van der Waals surface area (Å²) in [6.07, 6.45) is 0. The zero-order valence-corrected chi connectivity index (χ0v) is 19.6. The minimum atomic E-state index is -0.364. The molecule has 32 heavy (non-hydrogen) atoms. The van der Waals surface area contributed by atoms with Crippen LogP contribution < -0.4 is 9.80 Å². The molecule has 2 aliphatic rings. The number of amides is 1. The first-order chi connectivity index (χ1) is 15.4. The number of benzene rings is 3. The fourth-order valence-electron chi connectivity index (χ4n) is 3.46. The summed E-state index contributed by atoms with van der Waals surface area (Å²) in [4.78, 5) is 23.6. The molecule has 3 aromatic rings. The number of rotatable bonds is 2. The van der Waals surface area contributed by atoms with Crippen molar-refractivity contribution in [3.63, 3.8) is 0 Å². The predicted molar refractivity (Wildman–Crippen MR) is 132 cm³/mol. The minimum absolute atomic E-state index is 0.194. The lowest BCUT2D eigenvalue weighted by Gasteiger charge is -2.16. The number of hydrogen-bond acceptors (Lipinski definition) is 5. The van der Waals surface area contributed by atoms with Crippen molar-refractivity contribution >= 4 is 63.3 Å². The summed E-state index contributed by atoms with van der Waals surface area (Å²) in [7, 11) is 1.95. The van der Waals surface area contributed by atoms with Crippen molar-refractivity contribution in [1.82, 2.24) is 0 Å². The monoisotopic (exact) mass is 481 g/mol. The second-order valence-electron chi connectivity index (χ2n) is 7.31. The second kappa shape index (κ2) is 8.31. The first-order valence-electron chi connectivity index (χ1n) is 9.80. The van der Waals surface area contributed by atoms with Crippen LogP contribution in [0.5, 0.6) is 0 Å². The van der Waals surface area contributed by atoms with Crippen molar-refractivity contribution in [2.24, 2.45) is 4.99 Å². The third-order valence-corrected chi connectivity index (χ3v) is 7.98. The third kappa shape index (κ3) is 3.70. The fourth-order valence-corrected chi connectivity index (χ4v) is 5.98. The van der Waals surface area contributed by atoms with Gasteiger partial charge in [-0.25, -0.2) is 9.38 Å². The van der Waals surface area contributed by atoms with Crippen LogP contribution >= 0.6 is 35.1 Å². The highest BCUT2D eigenvalue weighted by Gasteiger charge is 2.40. The molecule has 0 atom stereocenters. The molecule has 0 aliphatic carbocycles. The van der Waals surface area contributed by atoms with Crippen molar-refractivity contribution in [1.29, 1.82) is 0 Å². The Morgan fingerprint density at radius 2 is 1.75 bits per heavy atom. The zero-order chi connectivity index (χ0) is 22.4. The molecule has 0 bridgehead atoms. The Morgan fingerprint density at radius 3 is 2.47 bits per heavy atom. The molecule has 1 saturated heterocycles. The van der Waals surface area contributed by atoms with Crippen molar-refractivity contribution < 1.29 is 9.18 Å². The van der Waals surface area contributed by atoms with E-state index < -0.39 is 0 Å². The number of fused-ring (bicyclic) bond motifs is 1. The summed E-state index contributed by atoms with van der Waals surface area (Å²) >= 11 is 9.15. The Labute approximate surface area is 198 Å². The average Bonchev–Trinajstić information content (AvgIpc) is 3.28. The number of anilines is 2. The summed E-state index contributed by atoms with van der Waals surface area (Å²) in [5.41, 5.74) is 3.20. The Hall–Kier alpha value is -2.74. The molecular formula is C24H17ClFN3OS2. The molecule has 1 fully saturated rings. The molecule has 5 rings (SSSR count). The smallest absolute Gasteiger partial charge is 0.274 e. The van der Waals surface area contributed by atoms with E-state index in [1.54, 1.807) is 30.0 Å². The molecule has 0 aromatic heterocycles. The zero-order valence-electron chi connectivity index (χ0n) is 17.2. The SMILES string of the molecule is Cc1ccc(N=C2SC(=C3Sc4ccccc4N3C)C(=O)N2c2ccc(F)cc2)cc1Cl. The Bertz CT molecular complexity index is 1310. The van der Waals surface area contributed by atoms with Gasteiger partial charge in [-0.15, -0.1) is 0 Å². The van der Waals surface area contributed by atoms with Gasteiger partial charge in [0.2, 0.25) is 0 Å². The number of aryl methyl sites for hydroxylation is 1. The summed E-state index contributed by atoms with van der Waals surface area (Å²) in [5, 5.41) is 1.95. The summed E-state index contributed by atoms with van der Waals surface area (Å²) in [5.74, 6) is -0.558. The maximum Gasteiger partial charge on any atom is 0.274 e. The molecule has 0 saturated carbocycles. The quantitative estimate of drug-likeness (QED) is 0.370. The van der Waals surface area contributed by atoms with Gasteiger partial charge in [0.1, 0.15) is 10.7 Å². The van der Waals surface area contributed by atoms with Crippen LogP contribution in [0, 0.1) is 12.7 Å². The van der Waals surface area contributed by atoms with Crippen LogP contribution in [0.3, 0.4) is 0 Å². The van der Waals surface area contributed by atoms with E-state index in [0.29, 0.717) is 26.5 Å². The number of nitrogens with zero attached hydrogens (tertiary/aromatic N) is 3. The third-order valence-electron chi connectivity index (χ3n) is 5.18. The first kappa shape index (κ1) is 21.1. The van der Waals surface area contributed by atoms with Crippen molar-refractivity contribution in [2.45, 2.75) is 11.8 Å². The number of thioether (sulfide) groups is 2. The molecule has 2 aliphatic heterocycles. The molecule has 3 aromatic carbocycles. The van der Waals surface area contributed by atoms with E-state index >= 15 is 0 Å². The van der Waals surface area contributed by atoms with Crippen molar-refractivity contribution in [2.75, 3.05) is 16.8 Å². The van der Waals surface area contributed by atoms with E-state index in [0.717, 1.165) is 21.2 Å². The number of carbonyl (C=O) groups excluding carboxylic acids is 1. The molecule has 1 amide bonds. The Morgan fingerprint density at radius 1 is 1.00 bits per heavy atom. The van der Waals surface area contributed by atoms with Crippen molar-refractivity contribution in [3.05, 3.63) is 93.1 Å². The fraction of sp³-hybridized carbons (Fsp3) is 0.0833. The summed E-state index contributed by atoms with van der Waals surface area (Å²) < 4.78 is 13.5. The lowest BCUT2D eigenvalue weighted by atomic mass is 10.2. The van der Waals surface area contributed by atoms with Crippen LogP contribution in [-0.2, 0) is 4.79 Å². The highest BCUT2D eigenvalue weighted by molar-refractivity contribution is 8.20. The molecule has 8 heteroatoms. The molecule has 4 nitrogen and oxygen atoms in total. The molecular weight excluding hydrogens is 465 g/mol. The number of amidine groups is 1. The highest BCUT2D eigenvalue weighted by atomic mass is 35.5. The number of halogens is 2. The number of hydrogen-bond donors (Lipinski definition) is 0. The summed E-state index contributed by atoms with van der Waals surface area (Å²) in [6, 6.07) is 19.4. The maximum absolute atomic E-state index is 13.6. The largest absolute Gasteiger partial charge is 0.337 e. The lowest BCUT2D eigenvalue weighted by Crippen LogP contribution is -2.29. The molecule has 0 unspecified atom stereocenters. The van der Waals surface area contributed by atoms with Gasteiger partial charge >= 0.3 is 0 Å². The average molecular weight is 482 g/mol. The van der Waals surface area contributed by atoms with Gasteiger partial charge in [-0.1, -0.05) is 41.6 Å². The van der Waals surface area contributed by atoms with Gasteiger partial charge in [0.25, 0.3) is 5.91 Å². The van der Waals surface area contributed by atoms with Gasteiger partial charge in [0, 0.05) is 17.0 Å². The van der Waals surface area contributed by atoms with Gasteiger partial charge in [-0.2, -0.15) is 0 Å². The molecule has 2 heterocycles. The number of carbonyl (C=O) groups is 1. The van der Waals surface area contributed by atoms with E-state index in [1.165, 1.54) is 28.8 Å². The number of aliphatic imine (C=N–C) groups is 1. The van der Waals surface area contributed by atoms with E-state index in [4.69, 9.17) is 16.6 Å². The van der Waals surface area contributed by atoms with Crippen molar-refractivity contribution in [3.8, 4) is 0 Å².